The lowest BCUT2D eigenvalue weighted by Crippen LogP contribution is -2.53. The monoisotopic (exact) mass is 407 g/mol. The van der Waals surface area contributed by atoms with Crippen LogP contribution in [0.5, 0.6) is 0 Å². The number of nitrogens with zero attached hydrogens (tertiary/aromatic N) is 4. The van der Waals surface area contributed by atoms with Crippen molar-refractivity contribution in [1.82, 2.24) is 15.2 Å². The zero-order valence-electron chi connectivity index (χ0n) is 13.3. The topological polar surface area (TPSA) is 88.2 Å². The predicted molar refractivity (Wildman–Crippen MR) is 92.1 cm³/mol. The maximum Gasteiger partial charge on any atom is 0.417 e. The molecule has 0 bridgehead atoms. The Balaban J connectivity index is 1.82. The Morgan fingerprint density at radius 2 is 1.81 bits per heavy atom. The molecule has 2 aromatic rings. The number of alkyl halides is 3. The van der Waals surface area contributed by atoms with Crippen molar-refractivity contribution < 1.29 is 18.3 Å². The van der Waals surface area contributed by atoms with Crippen LogP contribution in [0.3, 0.4) is 0 Å². The summed E-state index contributed by atoms with van der Waals surface area (Å²) in [4.78, 5) is 5.61. The van der Waals surface area contributed by atoms with Crippen LogP contribution in [-0.2, 0) is 0 Å². The Morgan fingerprint density at radius 1 is 1.15 bits per heavy atom. The number of piperidine rings is 1. The van der Waals surface area contributed by atoms with E-state index in [0.29, 0.717) is 10.6 Å². The highest BCUT2D eigenvalue weighted by Crippen LogP contribution is 2.39. The van der Waals surface area contributed by atoms with Crippen molar-refractivity contribution in [2.24, 2.45) is 0 Å². The maximum atomic E-state index is 12.9. The number of anilines is 2. The van der Waals surface area contributed by atoms with Crippen molar-refractivity contribution in [2.75, 3.05) is 23.7 Å². The molecule has 0 unspecified atom stereocenters. The average molecular weight is 408 g/mol. The minimum absolute atomic E-state index is 0.0239. The van der Waals surface area contributed by atoms with Crippen molar-refractivity contribution in [1.29, 1.82) is 0 Å². The summed E-state index contributed by atoms with van der Waals surface area (Å²) in [6.45, 7) is -0.150. The van der Waals surface area contributed by atoms with Crippen molar-refractivity contribution in [3.8, 4) is 11.3 Å². The fourth-order valence-electron chi connectivity index (χ4n) is 2.70. The van der Waals surface area contributed by atoms with Gasteiger partial charge in [-0.25, -0.2) is 0 Å². The molecule has 140 valence electrons. The third kappa shape index (κ3) is 3.38. The van der Waals surface area contributed by atoms with Gasteiger partial charge >= 0.3 is 6.18 Å². The molecule has 1 fully saturated rings. The van der Waals surface area contributed by atoms with Gasteiger partial charge in [-0.3, -0.25) is 0 Å². The first kappa shape index (κ1) is 18.9. The summed E-state index contributed by atoms with van der Waals surface area (Å²) in [7, 11) is 0. The quantitative estimate of drug-likeness (QED) is 0.793. The van der Waals surface area contributed by atoms with Crippen LogP contribution in [-0.4, -0.2) is 45.2 Å². The zero-order valence-corrected chi connectivity index (χ0v) is 14.8. The molecule has 1 aliphatic heterocycles. The standard InChI is InChI=1S/C15H14Cl2F3N5O/c16-9-3-1-2-8(10(9)17)11-12(21)22-13(24-23-11)25-6-4-14(26,5-7-25)15(18,19)20/h1-3,26H,4-7H2,(H2,21,22,24). The van der Waals surface area contributed by atoms with Crippen molar-refractivity contribution in [2.45, 2.75) is 24.6 Å². The molecule has 11 heteroatoms. The molecule has 0 amide bonds. The van der Waals surface area contributed by atoms with Crippen molar-refractivity contribution >= 4 is 35.0 Å². The number of halogens is 5. The molecule has 1 aromatic carbocycles. The third-order valence-corrected chi connectivity index (χ3v) is 5.13. The summed E-state index contributed by atoms with van der Waals surface area (Å²) in [5, 5.41) is 18.2. The van der Waals surface area contributed by atoms with Crippen LogP contribution in [0, 0.1) is 0 Å². The van der Waals surface area contributed by atoms with Crippen LogP contribution in [0.25, 0.3) is 11.3 Å². The lowest BCUT2D eigenvalue weighted by atomic mass is 9.91. The normalized spacial score (nSPS) is 17.4. The van der Waals surface area contributed by atoms with Crippen LogP contribution < -0.4 is 10.6 Å². The van der Waals surface area contributed by atoms with Crippen LogP contribution >= 0.6 is 23.2 Å². The van der Waals surface area contributed by atoms with E-state index in [1.165, 1.54) is 4.90 Å². The predicted octanol–water partition coefficient (Wildman–Crippen LogP) is 3.32. The third-order valence-electron chi connectivity index (χ3n) is 4.31. The summed E-state index contributed by atoms with van der Waals surface area (Å²) in [5.41, 5.74) is 3.91. The Hall–Kier alpha value is -1.84. The molecular weight excluding hydrogens is 394 g/mol. The van der Waals surface area contributed by atoms with Crippen LogP contribution in [0.4, 0.5) is 24.9 Å². The first-order chi connectivity index (χ1) is 12.1. The number of aliphatic hydroxyl groups is 1. The number of hydrogen-bond acceptors (Lipinski definition) is 6. The molecule has 3 N–H and O–H groups in total. The number of aromatic nitrogens is 3. The SMILES string of the molecule is Nc1nc(N2CCC(O)(C(F)(F)F)CC2)nnc1-c1cccc(Cl)c1Cl. The fraction of sp³-hybridized carbons (Fsp3) is 0.400. The number of nitrogens with two attached hydrogens (primary N) is 1. The second kappa shape index (κ2) is 6.71. The number of nitrogen functional groups attached to an aromatic ring is 1. The summed E-state index contributed by atoms with van der Waals surface area (Å²) in [6, 6.07) is 4.93. The Bertz CT molecular complexity index is 825. The minimum atomic E-state index is -4.68. The molecule has 1 aromatic heterocycles. The van der Waals surface area contributed by atoms with E-state index in [1.54, 1.807) is 18.2 Å². The molecule has 26 heavy (non-hydrogen) atoms. The van der Waals surface area contributed by atoms with Crippen LogP contribution in [0.2, 0.25) is 10.0 Å². The Kier molecular flexibility index (Phi) is 4.89. The van der Waals surface area contributed by atoms with E-state index in [4.69, 9.17) is 28.9 Å². The van der Waals surface area contributed by atoms with Gasteiger partial charge in [-0.05, 0) is 6.07 Å². The highest BCUT2D eigenvalue weighted by molar-refractivity contribution is 6.43. The van der Waals surface area contributed by atoms with Gasteiger partial charge in [0.25, 0.3) is 0 Å². The van der Waals surface area contributed by atoms with Gasteiger partial charge in [0.1, 0.15) is 5.69 Å². The number of benzene rings is 1. The average Bonchev–Trinajstić information content (AvgIpc) is 2.57. The van der Waals surface area contributed by atoms with Gasteiger partial charge in [-0.2, -0.15) is 18.2 Å². The molecule has 3 rings (SSSR count). The lowest BCUT2D eigenvalue weighted by Gasteiger charge is -2.38. The second-order valence-corrected chi connectivity index (χ2v) is 6.75. The smallest absolute Gasteiger partial charge is 0.382 e. The van der Waals surface area contributed by atoms with Gasteiger partial charge in [0.15, 0.2) is 11.4 Å². The number of hydrogen-bond donors (Lipinski definition) is 2. The van der Waals surface area contributed by atoms with E-state index in [-0.39, 0.29) is 35.6 Å². The molecule has 0 aliphatic carbocycles. The highest BCUT2D eigenvalue weighted by Gasteiger charge is 2.54. The maximum absolute atomic E-state index is 12.9. The molecule has 6 nitrogen and oxygen atoms in total. The van der Waals surface area contributed by atoms with E-state index in [2.05, 4.69) is 15.2 Å². The van der Waals surface area contributed by atoms with Crippen LogP contribution in [0.1, 0.15) is 12.8 Å². The van der Waals surface area contributed by atoms with E-state index in [0.717, 1.165) is 0 Å². The van der Waals surface area contributed by atoms with Gasteiger partial charge in [0, 0.05) is 31.5 Å². The molecule has 1 aliphatic rings. The molecule has 2 heterocycles. The fourth-order valence-corrected chi connectivity index (χ4v) is 3.09. The van der Waals surface area contributed by atoms with E-state index < -0.39 is 24.6 Å². The molecule has 0 atom stereocenters. The van der Waals surface area contributed by atoms with Crippen LogP contribution in [0.15, 0.2) is 18.2 Å². The molecule has 0 spiro atoms. The van der Waals surface area contributed by atoms with Crippen molar-refractivity contribution in [3.63, 3.8) is 0 Å². The summed E-state index contributed by atoms with van der Waals surface area (Å²) in [5.74, 6) is 0.115. The van der Waals surface area contributed by atoms with Crippen molar-refractivity contribution in [3.05, 3.63) is 28.2 Å². The molecule has 1 saturated heterocycles. The van der Waals surface area contributed by atoms with Gasteiger partial charge in [-0.15, -0.1) is 10.2 Å². The molecule has 0 saturated carbocycles. The summed E-state index contributed by atoms with van der Waals surface area (Å²) < 4.78 is 38.6. The first-order valence-electron chi connectivity index (χ1n) is 7.61. The molecular formula is C15H14Cl2F3N5O. The zero-order chi connectivity index (χ0) is 19.1. The van der Waals surface area contributed by atoms with E-state index >= 15 is 0 Å². The largest absolute Gasteiger partial charge is 0.417 e. The van der Waals surface area contributed by atoms with Gasteiger partial charge < -0.3 is 15.7 Å². The Morgan fingerprint density at radius 3 is 2.38 bits per heavy atom. The summed E-state index contributed by atoms with van der Waals surface area (Å²) >= 11 is 12.1. The lowest BCUT2D eigenvalue weighted by molar-refractivity contribution is -0.266. The number of rotatable bonds is 2. The van der Waals surface area contributed by atoms with E-state index in [9.17, 15) is 18.3 Å². The van der Waals surface area contributed by atoms with E-state index in [1.807, 2.05) is 0 Å². The van der Waals surface area contributed by atoms with Gasteiger partial charge in [0.2, 0.25) is 5.95 Å². The first-order valence-corrected chi connectivity index (χ1v) is 8.36. The molecule has 0 radical (unpaired) electrons. The summed E-state index contributed by atoms with van der Waals surface area (Å²) in [6.07, 6.45) is -5.65. The Labute approximate surface area is 156 Å². The van der Waals surface area contributed by atoms with Gasteiger partial charge in [0.05, 0.1) is 10.0 Å². The second-order valence-electron chi connectivity index (χ2n) is 5.96. The highest BCUT2D eigenvalue weighted by atomic mass is 35.5. The van der Waals surface area contributed by atoms with Gasteiger partial charge in [-0.1, -0.05) is 35.3 Å². The minimum Gasteiger partial charge on any atom is -0.382 e.